The van der Waals surface area contributed by atoms with E-state index in [9.17, 15) is 5.11 Å². The van der Waals surface area contributed by atoms with E-state index in [1.165, 1.54) is 33.1 Å². The van der Waals surface area contributed by atoms with Gasteiger partial charge in [0, 0.05) is 16.0 Å². The summed E-state index contributed by atoms with van der Waals surface area (Å²) in [5, 5.41) is 10.7. The molecule has 4 rings (SSSR count). The van der Waals surface area contributed by atoms with Gasteiger partial charge in [-0.3, -0.25) is 4.90 Å². The molecule has 2 atom stereocenters. The Bertz CT molecular complexity index is 694. The van der Waals surface area contributed by atoms with Crippen molar-refractivity contribution in [1.82, 2.24) is 4.90 Å². The third kappa shape index (κ3) is 3.26. The van der Waals surface area contributed by atoms with E-state index >= 15 is 0 Å². The van der Waals surface area contributed by atoms with Crippen LogP contribution in [0.5, 0.6) is 0 Å². The quantitative estimate of drug-likeness (QED) is 0.727. The highest BCUT2D eigenvalue weighted by molar-refractivity contribution is 14.1. The molecule has 0 saturated carbocycles. The predicted molar refractivity (Wildman–Crippen MR) is 106 cm³/mol. The van der Waals surface area contributed by atoms with E-state index < -0.39 is 0 Å². The third-order valence-corrected chi connectivity index (χ3v) is 6.78. The SMILES string of the molecule is O[C@@H]1Cc2cccc([125I])c2C[C@H]1N1CCC(c2ccccc2)CC1. The third-order valence-electron chi connectivity index (χ3n) is 5.77. The van der Waals surface area contributed by atoms with E-state index in [2.05, 4.69) is 76.0 Å². The molecule has 0 bridgehead atoms. The largest absolute Gasteiger partial charge is 0.391 e. The monoisotopic (exact) mass is 431 g/mol. The Balaban J connectivity index is 1.45. The number of aliphatic hydroxyl groups is 1. The van der Waals surface area contributed by atoms with Gasteiger partial charge in [-0.2, -0.15) is 0 Å². The lowest BCUT2D eigenvalue weighted by Gasteiger charge is -2.42. The molecule has 1 heterocycles. The number of likely N-dealkylation sites (tertiary alicyclic amines) is 1. The second-order valence-electron chi connectivity index (χ2n) is 7.14. The Hall–Kier alpha value is -0.910. The highest BCUT2D eigenvalue weighted by atomic mass is 125. The summed E-state index contributed by atoms with van der Waals surface area (Å²) < 4.78 is 1.35. The highest BCUT2D eigenvalue weighted by Gasteiger charge is 2.34. The van der Waals surface area contributed by atoms with Crippen molar-refractivity contribution in [2.75, 3.05) is 13.1 Å². The summed E-state index contributed by atoms with van der Waals surface area (Å²) in [6.45, 7) is 2.19. The fourth-order valence-corrected chi connectivity index (χ4v) is 5.17. The minimum atomic E-state index is -0.232. The zero-order valence-electron chi connectivity index (χ0n) is 13.9. The molecule has 0 spiro atoms. The van der Waals surface area contributed by atoms with Gasteiger partial charge in [0.15, 0.2) is 0 Å². The summed E-state index contributed by atoms with van der Waals surface area (Å²) >= 11 is 2.44. The van der Waals surface area contributed by atoms with Crippen LogP contribution in [0.15, 0.2) is 48.5 Å². The van der Waals surface area contributed by atoms with E-state index in [0.29, 0.717) is 5.92 Å². The molecule has 0 amide bonds. The van der Waals surface area contributed by atoms with Crippen molar-refractivity contribution in [3.8, 4) is 0 Å². The van der Waals surface area contributed by atoms with Crippen LogP contribution in [0.4, 0.5) is 0 Å². The summed E-state index contributed by atoms with van der Waals surface area (Å²) in [6, 6.07) is 17.7. The Morgan fingerprint density at radius 3 is 2.42 bits per heavy atom. The Morgan fingerprint density at radius 2 is 1.67 bits per heavy atom. The lowest BCUT2D eigenvalue weighted by Crippen LogP contribution is -2.51. The predicted octanol–water partition coefficient (Wildman–Crippen LogP) is 4.00. The molecule has 0 radical (unpaired) electrons. The number of hydrogen-bond acceptors (Lipinski definition) is 2. The fourth-order valence-electron chi connectivity index (χ4n) is 4.39. The first-order valence-corrected chi connectivity index (χ1v) is 10.0. The van der Waals surface area contributed by atoms with Crippen molar-refractivity contribution >= 4 is 22.6 Å². The maximum absolute atomic E-state index is 10.7. The standard InChI is InChI=1S/C21H24INO/c22-19-8-4-7-17-13-21(24)20(14-18(17)19)23-11-9-16(10-12-23)15-5-2-1-3-6-15/h1-8,16,20-21,24H,9-14H2/t20-,21-/m1/s1/i22-2. The van der Waals surface area contributed by atoms with Gasteiger partial charge in [0.05, 0.1) is 6.10 Å². The summed E-state index contributed by atoms with van der Waals surface area (Å²) in [5.41, 5.74) is 4.27. The number of rotatable bonds is 2. The maximum atomic E-state index is 10.7. The lowest BCUT2D eigenvalue weighted by atomic mass is 9.83. The molecule has 1 N–H and O–H groups in total. The normalized spacial score (nSPS) is 25.4. The number of nitrogens with zero attached hydrogens (tertiary/aromatic N) is 1. The van der Waals surface area contributed by atoms with Gasteiger partial charge in [-0.25, -0.2) is 0 Å². The van der Waals surface area contributed by atoms with Crippen molar-refractivity contribution in [3.05, 3.63) is 68.8 Å². The van der Waals surface area contributed by atoms with Gasteiger partial charge in [0.25, 0.3) is 0 Å². The molecule has 0 unspecified atom stereocenters. The molecule has 2 aromatic rings. The van der Waals surface area contributed by atoms with E-state index in [0.717, 1.165) is 25.9 Å². The van der Waals surface area contributed by atoms with Gasteiger partial charge in [-0.1, -0.05) is 42.5 Å². The summed E-state index contributed by atoms with van der Waals surface area (Å²) in [5.74, 6) is 0.676. The molecule has 1 aliphatic carbocycles. The first-order valence-electron chi connectivity index (χ1n) is 8.95. The van der Waals surface area contributed by atoms with E-state index in [4.69, 9.17) is 0 Å². The van der Waals surface area contributed by atoms with Crippen LogP contribution < -0.4 is 0 Å². The zero-order chi connectivity index (χ0) is 16.5. The highest BCUT2D eigenvalue weighted by Crippen LogP contribution is 2.33. The van der Waals surface area contributed by atoms with Crippen molar-refractivity contribution in [1.29, 1.82) is 0 Å². The maximum Gasteiger partial charge on any atom is 0.0738 e. The number of piperidine rings is 1. The van der Waals surface area contributed by atoms with E-state index in [1.807, 2.05) is 0 Å². The van der Waals surface area contributed by atoms with Crippen LogP contribution in [-0.2, 0) is 12.8 Å². The van der Waals surface area contributed by atoms with Gasteiger partial charge in [0.1, 0.15) is 0 Å². The number of benzene rings is 2. The van der Waals surface area contributed by atoms with Gasteiger partial charge < -0.3 is 5.11 Å². The minimum Gasteiger partial charge on any atom is -0.391 e. The molecule has 1 saturated heterocycles. The Morgan fingerprint density at radius 1 is 0.917 bits per heavy atom. The fraction of sp³-hybridized carbons (Fsp3) is 0.429. The lowest BCUT2D eigenvalue weighted by molar-refractivity contribution is 0.0293. The molecule has 3 heteroatoms. The van der Waals surface area contributed by atoms with Crippen LogP contribution in [0.25, 0.3) is 0 Å². The van der Waals surface area contributed by atoms with Gasteiger partial charge >= 0.3 is 0 Å². The van der Waals surface area contributed by atoms with Crippen molar-refractivity contribution in [2.45, 2.75) is 43.7 Å². The van der Waals surface area contributed by atoms with E-state index in [-0.39, 0.29) is 12.1 Å². The number of hydrogen-bond donors (Lipinski definition) is 1. The molecule has 0 aromatic heterocycles. The second kappa shape index (κ2) is 7.14. The van der Waals surface area contributed by atoms with Gasteiger partial charge in [-0.05, 0) is 83.6 Å². The Labute approximate surface area is 158 Å². The van der Waals surface area contributed by atoms with Crippen LogP contribution in [0.1, 0.15) is 35.4 Å². The van der Waals surface area contributed by atoms with Gasteiger partial charge in [0.2, 0.25) is 0 Å². The molecule has 1 aliphatic heterocycles. The van der Waals surface area contributed by atoms with Crippen LogP contribution in [0.2, 0.25) is 0 Å². The summed E-state index contributed by atoms with van der Waals surface area (Å²) in [6.07, 6.45) is 3.96. The molecule has 2 aromatic carbocycles. The number of fused-ring (bicyclic) bond motifs is 1. The van der Waals surface area contributed by atoms with Crippen LogP contribution in [0, 0.1) is 3.57 Å². The second-order valence-corrected chi connectivity index (χ2v) is 8.30. The molecule has 2 aliphatic rings. The number of halogens is 1. The average Bonchev–Trinajstić information content (AvgIpc) is 2.62. The van der Waals surface area contributed by atoms with Crippen molar-refractivity contribution in [2.24, 2.45) is 0 Å². The summed E-state index contributed by atoms with van der Waals surface area (Å²) in [7, 11) is 0. The van der Waals surface area contributed by atoms with Crippen molar-refractivity contribution < 1.29 is 5.11 Å². The van der Waals surface area contributed by atoms with Crippen LogP contribution in [0.3, 0.4) is 0 Å². The van der Waals surface area contributed by atoms with Gasteiger partial charge in [-0.15, -0.1) is 0 Å². The first kappa shape index (κ1) is 16.6. The molecule has 1 fully saturated rings. The average molecular weight is 431 g/mol. The van der Waals surface area contributed by atoms with E-state index in [1.54, 1.807) is 0 Å². The van der Waals surface area contributed by atoms with Crippen LogP contribution >= 0.6 is 22.6 Å². The Kier molecular flexibility index (Phi) is 4.93. The van der Waals surface area contributed by atoms with Crippen LogP contribution in [-0.4, -0.2) is 35.2 Å². The molecule has 24 heavy (non-hydrogen) atoms. The molecular weight excluding hydrogens is 407 g/mol. The molecule has 126 valence electrons. The zero-order valence-corrected chi connectivity index (χ0v) is 16.0. The minimum absolute atomic E-state index is 0.232. The topological polar surface area (TPSA) is 23.5 Å². The smallest absolute Gasteiger partial charge is 0.0738 e. The first-order chi connectivity index (χ1) is 11.7. The number of aliphatic hydroxyl groups excluding tert-OH is 1. The summed E-state index contributed by atoms with van der Waals surface area (Å²) in [4.78, 5) is 2.54. The van der Waals surface area contributed by atoms with Crippen molar-refractivity contribution in [3.63, 3.8) is 0 Å². The molecular formula is C21H24INO. The molecule has 2 nitrogen and oxygen atoms in total.